The lowest BCUT2D eigenvalue weighted by Gasteiger charge is -2.02. The third kappa shape index (κ3) is 6.47. The van der Waals surface area contributed by atoms with E-state index in [1.54, 1.807) is 6.20 Å². The third-order valence-electron chi connectivity index (χ3n) is 2.87. The maximum absolute atomic E-state index is 11.6. The molecule has 0 unspecified atom stereocenters. The van der Waals surface area contributed by atoms with Gasteiger partial charge in [-0.3, -0.25) is 4.79 Å². The summed E-state index contributed by atoms with van der Waals surface area (Å²) in [6.07, 6.45) is 2.60. The quantitative estimate of drug-likeness (QED) is 0.756. The summed E-state index contributed by atoms with van der Waals surface area (Å²) in [6, 6.07) is 9.79. The molecule has 1 aromatic heterocycles. The average molecular weight is 346 g/mol. The molecule has 0 radical (unpaired) electrons. The van der Waals surface area contributed by atoms with Gasteiger partial charge in [-0.25, -0.2) is 4.98 Å². The van der Waals surface area contributed by atoms with E-state index < -0.39 is 0 Å². The van der Waals surface area contributed by atoms with E-state index in [9.17, 15) is 4.79 Å². The van der Waals surface area contributed by atoms with Crippen molar-refractivity contribution in [1.29, 1.82) is 0 Å². The van der Waals surface area contributed by atoms with Crippen molar-refractivity contribution in [3.8, 4) is 11.3 Å². The van der Waals surface area contributed by atoms with Gasteiger partial charge in [0.2, 0.25) is 5.91 Å². The summed E-state index contributed by atoms with van der Waals surface area (Å²) in [5, 5.41) is 5.79. The number of nitrogens with zero attached hydrogens (tertiary/aromatic N) is 1. The highest BCUT2D eigenvalue weighted by Gasteiger charge is 2.08. The largest absolute Gasteiger partial charge is 0.441 e. The zero-order chi connectivity index (χ0) is 14.2. The maximum atomic E-state index is 11.6. The first-order valence-electron chi connectivity index (χ1n) is 6.71. The number of carbonyl (C=O) groups is 1. The van der Waals surface area contributed by atoms with Gasteiger partial charge < -0.3 is 15.1 Å². The lowest BCUT2D eigenvalue weighted by atomic mass is 10.2. The molecule has 1 amide bonds. The number of oxazole rings is 1. The van der Waals surface area contributed by atoms with Crippen molar-refractivity contribution in [1.82, 2.24) is 15.6 Å². The molecule has 2 aromatic rings. The van der Waals surface area contributed by atoms with Crippen LogP contribution < -0.4 is 10.6 Å². The molecule has 0 spiro atoms. The number of hydrogen-bond donors (Lipinski definition) is 2. The molecular formula is C15H21Cl2N3O2. The van der Waals surface area contributed by atoms with Crippen LogP contribution in [-0.2, 0) is 11.2 Å². The summed E-state index contributed by atoms with van der Waals surface area (Å²) in [7, 11) is 1.85. The summed E-state index contributed by atoms with van der Waals surface area (Å²) in [5.41, 5.74) is 0.990. The number of rotatable bonds is 7. The third-order valence-corrected chi connectivity index (χ3v) is 2.87. The number of aryl methyl sites for hydroxylation is 1. The van der Waals surface area contributed by atoms with Gasteiger partial charge in [0.1, 0.15) is 0 Å². The normalized spacial score (nSPS) is 9.50. The van der Waals surface area contributed by atoms with Gasteiger partial charge in [-0.1, -0.05) is 30.3 Å². The number of amides is 1. The fourth-order valence-electron chi connectivity index (χ4n) is 1.80. The molecule has 5 nitrogen and oxygen atoms in total. The summed E-state index contributed by atoms with van der Waals surface area (Å²) in [5.74, 6) is 1.34. The summed E-state index contributed by atoms with van der Waals surface area (Å²) in [4.78, 5) is 15.8. The molecule has 2 N–H and O–H groups in total. The van der Waals surface area contributed by atoms with Crippen molar-refractivity contribution in [3.63, 3.8) is 0 Å². The second-order valence-electron chi connectivity index (χ2n) is 4.44. The van der Waals surface area contributed by atoms with Crippen LogP contribution in [0, 0.1) is 0 Å². The molecule has 1 heterocycles. The molecule has 0 saturated carbocycles. The highest BCUT2D eigenvalue weighted by atomic mass is 35.5. The van der Waals surface area contributed by atoms with Crippen molar-refractivity contribution in [3.05, 3.63) is 42.4 Å². The van der Waals surface area contributed by atoms with Crippen LogP contribution in [0.4, 0.5) is 0 Å². The van der Waals surface area contributed by atoms with E-state index in [-0.39, 0.29) is 30.7 Å². The number of likely N-dealkylation sites (N-methyl/N-ethyl adjacent to an activating group) is 1. The van der Waals surface area contributed by atoms with Crippen LogP contribution in [0.3, 0.4) is 0 Å². The Hall–Kier alpha value is -1.56. The van der Waals surface area contributed by atoms with Crippen LogP contribution >= 0.6 is 24.8 Å². The molecular weight excluding hydrogens is 325 g/mol. The Morgan fingerprint density at radius 2 is 1.91 bits per heavy atom. The monoisotopic (exact) mass is 345 g/mol. The van der Waals surface area contributed by atoms with Crippen LogP contribution in [0.1, 0.15) is 12.3 Å². The van der Waals surface area contributed by atoms with Crippen molar-refractivity contribution in [2.24, 2.45) is 0 Å². The summed E-state index contributed by atoms with van der Waals surface area (Å²) in [6.45, 7) is 1.40. The van der Waals surface area contributed by atoms with Gasteiger partial charge in [0, 0.05) is 31.5 Å². The highest BCUT2D eigenvalue weighted by molar-refractivity contribution is 5.85. The van der Waals surface area contributed by atoms with E-state index in [1.165, 1.54) is 0 Å². The number of carbonyl (C=O) groups excluding carboxylic acids is 1. The Morgan fingerprint density at radius 1 is 1.18 bits per heavy atom. The second kappa shape index (κ2) is 11.1. The molecule has 1 aromatic carbocycles. The van der Waals surface area contributed by atoms with Gasteiger partial charge in [-0.2, -0.15) is 0 Å². The molecule has 0 aliphatic rings. The number of nitrogens with one attached hydrogen (secondary N) is 2. The van der Waals surface area contributed by atoms with Crippen LogP contribution in [0.2, 0.25) is 0 Å². The van der Waals surface area contributed by atoms with Gasteiger partial charge >= 0.3 is 0 Å². The molecule has 0 aliphatic heterocycles. The SMILES string of the molecule is CNCCNC(=O)CCc1ncc(-c2ccccc2)o1.Cl.Cl. The standard InChI is InChI=1S/C15H19N3O2.2ClH/c1-16-9-10-17-14(19)7-8-15-18-11-13(20-15)12-5-3-2-4-6-12;;/h2-6,11,16H,7-10H2,1H3,(H,17,19);2*1H. The smallest absolute Gasteiger partial charge is 0.220 e. The van der Waals surface area contributed by atoms with Gasteiger partial charge in [0.05, 0.1) is 6.20 Å². The minimum absolute atomic E-state index is 0. The first-order valence-corrected chi connectivity index (χ1v) is 6.71. The van der Waals surface area contributed by atoms with Gasteiger partial charge in [-0.15, -0.1) is 24.8 Å². The fourth-order valence-corrected chi connectivity index (χ4v) is 1.80. The molecule has 22 heavy (non-hydrogen) atoms. The minimum atomic E-state index is 0. The molecule has 0 fully saturated rings. The predicted octanol–water partition coefficient (Wildman–Crippen LogP) is 2.45. The van der Waals surface area contributed by atoms with Crippen molar-refractivity contribution in [2.75, 3.05) is 20.1 Å². The average Bonchev–Trinajstić information content (AvgIpc) is 2.95. The number of hydrogen-bond acceptors (Lipinski definition) is 4. The van der Waals surface area contributed by atoms with Crippen molar-refractivity contribution in [2.45, 2.75) is 12.8 Å². The Kier molecular flexibility index (Phi) is 10.3. The van der Waals surface area contributed by atoms with E-state index in [2.05, 4.69) is 15.6 Å². The summed E-state index contributed by atoms with van der Waals surface area (Å²) >= 11 is 0. The van der Waals surface area contributed by atoms with Crippen LogP contribution in [-0.4, -0.2) is 31.0 Å². The maximum Gasteiger partial charge on any atom is 0.220 e. The molecule has 0 saturated heterocycles. The molecule has 2 rings (SSSR count). The van der Waals surface area contributed by atoms with Crippen LogP contribution in [0.15, 0.2) is 40.9 Å². The molecule has 0 bridgehead atoms. The van der Waals surface area contributed by atoms with E-state index in [4.69, 9.17) is 4.42 Å². The number of benzene rings is 1. The zero-order valence-electron chi connectivity index (χ0n) is 12.4. The molecule has 122 valence electrons. The minimum Gasteiger partial charge on any atom is -0.441 e. The van der Waals surface area contributed by atoms with E-state index in [1.807, 2.05) is 37.4 Å². The molecule has 7 heteroatoms. The van der Waals surface area contributed by atoms with Gasteiger partial charge in [0.25, 0.3) is 0 Å². The Balaban J connectivity index is 0.00000220. The first-order chi connectivity index (χ1) is 9.79. The fraction of sp³-hybridized carbons (Fsp3) is 0.333. The molecule has 0 aliphatic carbocycles. The molecule has 0 atom stereocenters. The Labute approximate surface area is 142 Å². The summed E-state index contributed by atoms with van der Waals surface area (Å²) < 4.78 is 5.64. The van der Waals surface area contributed by atoms with Gasteiger partial charge in [-0.05, 0) is 7.05 Å². The van der Waals surface area contributed by atoms with Crippen molar-refractivity contribution < 1.29 is 9.21 Å². The first kappa shape index (κ1) is 20.4. The lowest BCUT2D eigenvalue weighted by Crippen LogP contribution is -2.30. The van der Waals surface area contributed by atoms with Crippen molar-refractivity contribution >= 4 is 30.7 Å². The van der Waals surface area contributed by atoms with Crippen LogP contribution in [0.25, 0.3) is 11.3 Å². The predicted molar refractivity (Wildman–Crippen MR) is 91.7 cm³/mol. The number of halogens is 2. The highest BCUT2D eigenvalue weighted by Crippen LogP contribution is 2.20. The topological polar surface area (TPSA) is 67.2 Å². The Bertz CT molecular complexity index is 547. The lowest BCUT2D eigenvalue weighted by molar-refractivity contribution is -0.121. The van der Waals surface area contributed by atoms with Gasteiger partial charge in [0.15, 0.2) is 11.7 Å². The van der Waals surface area contributed by atoms with E-state index >= 15 is 0 Å². The van der Waals surface area contributed by atoms with E-state index in [0.29, 0.717) is 25.3 Å². The number of aromatic nitrogens is 1. The second-order valence-corrected chi connectivity index (χ2v) is 4.44. The zero-order valence-corrected chi connectivity index (χ0v) is 14.0. The van der Waals surface area contributed by atoms with E-state index in [0.717, 1.165) is 17.9 Å². The van der Waals surface area contributed by atoms with Crippen LogP contribution in [0.5, 0.6) is 0 Å². The Morgan fingerprint density at radius 3 is 2.59 bits per heavy atom.